The molecule has 1 aliphatic rings. The number of rotatable bonds is 3. The van der Waals surface area contributed by atoms with Crippen LogP contribution in [0.4, 0.5) is 14.5 Å². The zero-order valence-electron chi connectivity index (χ0n) is 10.0. The summed E-state index contributed by atoms with van der Waals surface area (Å²) in [5, 5.41) is 8.82. The summed E-state index contributed by atoms with van der Waals surface area (Å²) < 4.78 is 31.9. The predicted molar refractivity (Wildman–Crippen MR) is 61.0 cm³/mol. The molecule has 19 heavy (non-hydrogen) atoms. The van der Waals surface area contributed by atoms with Crippen molar-refractivity contribution < 1.29 is 28.2 Å². The van der Waals surface area contributed by atoms with E-state index < -0.39 is 29.4 Å². The van der Waals surface area contributed by atoms with Crippen LogP contribution in [0.15, 0.2) is 12.1 Å². The first kappa shape index (κ1) is 13.3. The summed E-state index contributed by atoms with van der Waals surface area (Å²) in [6.45, 7) is 0.0402. The van der Waals surface area contributed by atoms with Gasteiger partial charge >= 0.3 is 5.97 Å². The van der Waals surface area contributed by atoms with E-state index >= 15 is 0 Å². The van der Waals surface area contributed by atoms with Gasteiger partial charge in [-0.05, 0) is 6.42 Å². The molecule has 1 unspecified atom stereocenters. The van der Waals surface area contributed by atoms with E-state index in [0.29, 0.717) is 0 Å². The maximum Gasteiger partial charge on any atom is 0.316 e. The summed E-state index contributed by atoms with van der Waals surface area (Å²) in [6.07, 6.45) is 0.0707. The number of ether oxygens (including phenoxy) is 1. The topological polar surface area (TPSA) is 66.8 Å². The second-order valence-electron chi connectivity index (χ2n) is 4.11. The molecule has 0 saturated carbocycles. The van der Waals surface area contributed by atoms with Gasteiger partial charge in [-0.15, -0.1) is 0 Å². The third-order valence-electron chi connectivity index (χ3n) is 3.02. The molecule has 0 bridgehead atoms. The van der Waals surface area contributed by atoms with Crippen LogP contribution >= 0.6 is 0 Å². The van der Waals surface area contributed by atoms with E-state index in [9.17, 15) is 18.4 Å². The van der Waals surface area contributed by atoms with Gasteiger partial charge in [0.25, 0.3) is 0 Å². The fourth-order valence-electron chi connectivity index (χ4n) is 2.03. The van der Waals surface area contributed by atoms with Crippen LogP contribution in [0.1, 0.15) is 6.42 Å². The molecular weight excluding hydrogens is 260 g/mol. The third kappa shape index (κ3) is 2.23. The molecule has 7 heteroatoms. The zero-order valence-corrected chi connectivity index (χ0v) is 10.0. The average molecular weight is 271 g/mol. The lowest BCUT2D eigenvalue weighted by molar-refractivity contribution is -0.144. The summed E-state index contributed by atoms with van der Waals surface area (Å²) in [6, 6.07) is 1.66. The van der Waals surface area contributed by atoms with Crippen LogP contribution in [0.2, 0.25) is 0 Å². The Morgan fingerprint density at radius 3 is 2.63 bits per heavy atom. The molecule has 0 spiro atoms. The molecule has 1 heterocycles. The van der Waals surface area contributed by atoms with E-state index in [2.05, 4.69) is 4.74 Å². The minimum absolute atomic E-state index is 0.0402. The molecule has 0 aromatic heterocycles. The Morgan fingerprint density at radius 1 is 1.42 bits per heavy atom. The van der Waals surface area contributed by atoms with E-state index in [1.54, 1.807) is 0 Å². The lowest BCUT2D eigenvalue weighted by Gasteiger charge is -2.17. The minimum Gasteiger partial charge on any atom is -0.494 e. The van der Waals surface area contributed by atoms with Gasteiger partial charge in [0, 0.05) is 18.7 Å². The van der Waals surface area contributed by atoms with Crippen molar-refractivity contribution in [1.29, 1.82) is 0 Å². The molecular formula is C12H11F2NO4. The largest absolute Gasteiger partial charge is 0.494 e. The molecule has 1 saturated heterocycles. The van der Waals surface area contributed by atoms with Crippen LogP contribution in [-0.2, 0) is 9.59 Å². The number of amides is 1. The molecule has 102 valence electrons. The molecule has 1 N–H and O–H groups in total. The zero-order chi connectivity index (χ0) is 14.2. The highest BCUT2D eigenvalue weighted by Gasteiger charge is 2.38. The number of anilines is 1. The molecule has 0 aliphatic carbocycles. The highest BCUT2D eigenvalue weighted by Crippen LogP contribution is 2.31. The summed E-state index contributed by atoms with van der Waals surface area (Å²) in [5.41, 5.74) is -0.271. The number of hydrogen-bond acceptors (Lipinski definition) is 3. The molecule has 0 radical (unpaired) electrons. The number of halogens is 2. The third-order valence-corrected chi connectivity index (χ3v) is 3.02. The highest BCUT2D eigenvalue weighted by atomic mass is 19.1. The lowest BCUT2D eigenvalue weighted by Crippen LogP contribution is -2.30. The summed E-state index contributed by atoms with van der Waals surface area (Å²) in [5.74, 6) is -5.13. The molecule has 1 aromatic carbocycles. The second kappa shape index (κ2) is 4.83. The van der Waals surface area contributed by atoms with Gasteiger partial charge < -0.3 is 14.7 Å². The van der Waals surface area contributed by atoms with Crippen molar-refractivity contribution in [3.63, 3.8) is 0 Å². The quantitative estimate of drug-likeness (QED) is 0.844. The van der Waals surface area contributed by atoms with Crippen molar-refractivity contribution in [2.45, 2.75) is 6.42 Å². The van der Waals surface area contributed by atoms with Crippen LogP contribution in [0, 0.1) is 17.6 Å². The van der Waals surface area contributed by atoms with E-state index in [4.69, 9.17) is 5.11 Å². The van der Waals surface area contributed by atoms with Gasteiger partial charge in [-0.2, -0.15) is 0 Å². The van der Waals surface area contributed by atoms with Gasteiger partial charge in [0.2, 0.25) is 5.91 Å². The highest BCUT2D eigenvalue weighted by molar-refractivity contribution is 6.07. The standard InChI is InChI=1S/C12H11F2NO4/c1-19-10-5-7(13)9(4-8(10)14)15-3-2-6(11(15)16)12(17)18/h4-6H,2-3H2,1H3,(H,17,18). The summed E-state index contributed by atoms with van der Waals surface area (Å²) in [4.78, 5) is 23.5. The first-order valence-electron chi connectivity index (χ1n) is 5.53. The first-order valence-corrected chi connectivity index (χ1v) is 5.53. The van der Waals surface area contributed by atoms with Gasteiger partial charge in [0.05, 0.1) is 12.8 Å². The number of carbonyl (C=O) groups is 2. The maximum absolute atomic E-state index is 13.8. The Balaban J connectivity index is 2.36. The SMILES string of the molecule is COc1cc(F)c(N2CCC(C(=O)O)C2=O)cc1F. The van der Waals surface area contributed by atoms with Gasteiger partial charge in [-0.1, -0.05) is 0 Å². The number of nitrogens with zero attached hydrogens (tertiary/aromatic N) is 1. The minimum atomic E-state index is -1.26. The normalized spacial score (nSPS) is 18.8. The molecule has 1 aromatic rings. The van der Waals surface area contributed by atoms with Crippen LogP contribution in [-0.4, -0.2) is 30.6 Å². The van der Waals surface area contributed by atoms with Crippen molar-refractivity contribution in [3.8, 4) is 5.75 Å². The molecule has 1 fully saturated rings. The average Bonchev–Trinajstić information content (AvgIpc) is 2.73. The maximum atomic E-state index is 13.8. The number of carboxylic acids is 1. The van der Waals surface area contributed by atoms with Crippen LogP contribution in [0.3, 0.4) is 0 Å². The first-order chi connectivity index (χ1) is 8.95. The number of aliphatic carboxylic acids is 1. The Bertz CT molecular complexity index is 547. The van der Waals surface area contributed by atoms with Crippen molar-refractivity contribution in [2.75, 3.05) is 18.6 Å². The van der Waals surface area contributed by atoms with E-state index in [-0.39, 0.29) is 24.4 Å². The van der Waals surface area contributed by atoms with E-state index in [0.717, 1.165) is 17.0 Å². The Labute approximate surface area is 107 Å². The summed E-state index contributed by atoms with van der Waals surface area (Å²) >= 11 is 0. The fraction of sp³-hybridized carbons (Fsp3) is 0.333. The van der Waals surface area contributed by atoms with Gasteiger partial charge in [0.15, 0.2) is 17.4 Å². The molecule has 1 aliphatic heterocycles. The molecule has 1 amide bonds. The molecule has 1 atom stereocenters. The Kier molecular flexibility index (Phi) is 3.37. The molecule has 2 rings (SSSR count). The smallest absolute Gasteiger partial charge is 0.316 e. The van der Waals surface area contributed by atoms with Crippen LogP contribution < -0.4 is 9.64 Å². The van der Waals surface area contributed by atoms with Crippen molar-refractivity contribution in [2.24, 2.45) is 5.92 Å². The van der Waals surface area contributed by atoms with Gasteiger partial charge in [0.1, 0.15) is 5.92 Å². The van der Waals surface area contributed by atoms with Crippen molar-refractivity contribution >= 4 is 17.6 Å². The number of carboxylic acid groups (broad SMARTS) is 1. The number of carbonyl (C=O) groups excluding carboxylic acids is 1. The van der Waals surface area contributed by atoms with Crippen molar-refractivity contribution in [1.82, 2.24) is 0 Å². The van der Waals surface area contributed by atoms with E-state index in [1.807, 2.05) is 0 Å². The Hall–Kier alpha value is -2.18. The summed E-state index contributed by atoms with van der Waals surface area (Å²) in [7, 11) is 1.19. The van der Waals surface area contributed by atoms with E-state index in [1.165, 1.54) is 7.11 Å². The Morgan fingerprint density at radius 2 is 2.11 bits per heavy atom. The molecule has 5 nitrogen and oxygen atoms in total. The van der Waals surface area contributed by atoms with Gasteiger partial charge in [-0.25, -0.2) is 8.78 Å². The van der Waals surface area contributed by atoms with Crippen LogP contribution in [0.25, 0.3) is 0 Å². The second-order valence-corrected chi connectivity index (χ2v) is 4.11. The number of methoxy groups -OCH3 is 1. The number of hydrogen-bond donors (Lipinski definition) is 1. The fourth-order valence-corrected chi connectivity index (χ4v) is 2.03. The lowest BCUT2D eigenvalue weighted by atomic mass is 10.1. The van der Waals surface area contributed by atoms with Crippen LogP contribution in [0.5, 0.6) is 5.75 Å². The van der Waals surface area contributed by atoms with Gasteiger partial charge in [-0.3, -0.25) is 9.59 Å². The van der Waals surface area contributed by atoms with Crippen molar-refractivity contribution in [3.05, 3.63) is 23.8 Å². The number of benzene rings is 1. The monoisotopic (exact) mass is 271 g/mol. The predicted octanol–water partition coefficient (Wildman–Crippen LogP) is 1.41.